The highest BCUT2D eigenvalue weighted by atomic mass is 16.2. The van der Waals surface area contributed by atoms with Gasteiger partial charge in [0.05, 0.1) is 6.54 Å². The van der Waals surface area contributed by atoms with Crippen LogP contribution in [0.25, 0.3) is 0 Å². The summed E-state index contributed by atoms with van der Waals surface area (Å²) < 4.78 is 0. The normalized spacial score (nSPS) is 10.2. The zero-order valence-corrected chi connectivity index (χ0v) is 9.93. The van der Waals surface area contributed by atoms with E-state index in [1.807, 2.05) is 12.1 Å². The third kappa shape index (κ3) is 2.92. The van der Waals surface area contributed by atoms with Gasteiger partial charge in [-0.25, -0.2) is 0 Å². The summed E-state index contributed by atoms with van der Waals surface area (Å²) >= 11 is 0. The second-order valence-corrected chi connectivity index (χ2v) is 4.13. The monoisotopic (exact) mass is 219 g/mol. The van der Waals surface area contributed by atoms with E-state index in [-0.39, 0.29) is 12.5 Å². The van der Waals surface area contributed by atoms with Gasteiger partial charge in [0.15, 0.2) is 0 Å². The molecule has 0 saturated carbocycles. The maximum Gasteiger partial charge on any atom is 0.253 e. The molecule has 0 aromatic heterocycles. The molecule has 16 heavy (non-hydrogen) atoms. The number of hydrogen-bond acceptors (Lipinski definition) is 2. The minimum Gasteiger partial charge on any atom is -0.335 e. The van der Waals surface area contributed by atoms with Crippen molar-refractivity contribution in [2.45, 2.75) is 19.8 Å². The van der Waals surface area contributed by atoms with Crippen LogP contribution in [0.5, 0.6) is 0 Å². The first-order valence-corrected chi connectivity index (χ1v) is 5.35. The fourth-order valence-electron chi connectivity index (χ4n) is 1.43. The molecule has 0 unspecified atom stereocenters. The third-order valence-electron chi connectivity index (χ3n) is 2.52. The summed E-state index contributed by atoms with van der Waals surface area (Å²) in [5.74, 6) is 0.333. The molecular weight excluding hydrogens is 202 g/mol. The number of rotatable bonds is 4. The largest absolute Gasteiger partial charge is 0.335 e. The van der Waals surface area contributed by atoms with Crippen LogP contribution in [0.15, 0.2) is 24.3 Å². The number of likely N-dealkylation sites (N-methyl/N-ethyl adjacent to an activating group) is 1. The summed E-state index contributed by atoms with van der Waals surface area (Å²) in [5, 5.41) is 0. The van der Waals surface area contributed by atoms with E-state index in [4.69, 9.17) is 0 Å². The van der Waals surface area contributed by atoms with Crippen LogP contribution in [0.4, 0.5) is 0 Å². The Labute approximate surface area is 96.1 Å². The van der Waals surface area contributed by atoms with Gasteiger partial charge in [-0.05, 0) is 23.6 Å². The van der Waals surface area contributed by atoms with E-state index in [9.17, 15) is 9.59 Å². The van der Waals surface area contributed by atoms with Crippen molar-refractivity contribution >= 4 is 12.2 Å². The highest BCUT2D eigenvalue weighted by Gasteiger charge is 2.10. The molecule has 1 amide bonds. The predicted octanol–water partition coefficient (Wildman–Crippen LogP) is 2.08. The first-order valence-electron chi connectivity index (χ1n) is 5.35. The summed E-state index contributed by atoms with van der Waals surface area (Å²) in [5.41, 5.74) is 1.82. The van der Waals surface area contributed by atoms with Gasteiger partial charge >= 0.3 is 0 Å². The second-order valence-electron chi connectivity index (χ2n) is 4.13. The van der Waals surface area contributed by atoms with Crippen LogP contribution in [0.1, 0.15) is 35.7 Å². The zero-order valence-electron chi connectivity index (χ0n) is 9.93. The summed E-state index contributed by atoms with van der Waals surface area (Å²) in [7, 11) is 1.62. The summed E-state index contributed by atoms with van der Waals surface area (Å²) in [6.07, 6.45) is 0.723. The molecule has 0 radical (unpaired) electrons. The summed E-state index contributed by atoms with van der Waals surface area (Å²) in [6, 6.07) is 7.51. The van der Waals surface area contributed by atoms with E-state index < -0.39 is 0 Å². The minimum atomic E-state index is -0.123. The Bertz CT molecular complexity index is 368. The molecule has 0 bridgehead atoms. The van der Waals surface area contributed by atoms with Crippen LogP contribution in [-0.4, -0.2) is 30.7 Å². The van der Waals surface area contributed by atoms with Crippen LogP contribution < -0.4 is 0 Å². The van der Waals surface area contributed by atoms with E-state index >= 15 is 0 Å². The number of aldehydes is 1. The standard InChI is InChI=1S/C13H17NO2/c1-10(2)11-4-6-12(7-5-11)13(16)14(3)8-9-15/h4-7,9-10H,8H2,1-3H3. The highest BCUT2D eigenvalue weighted by Crippen LogP contribution is 2.15. The van der Waals surface area contributed by atoms with Gasteiger partial charge in [-0.2, -0.15) is 0 Å². The van der Waals surface area contributed by atoms with Gasteiger partial charge in [-0.15, -0.1) is 0 Å². The molecule has 0 aliphatic rings. The Morgan fingerprint density at radius 3 is 2.31 bits per heavy atom. The molecule has 1 aromatic carbocycles. The predicted molar refractivity (Wildman–Crippen MR) is 63.6 cm³/mol. The van der Waals surface area contributed by atoms with Crippen molar-refractivity contribution in [1.29, 1.82) is 0 Å². The van der Waals surface area contributed by atoms with Crippen molar-refractivity contribution in [3.05, 3.63) is 35.4 Å². The van der Waals surface area contributed by atoms with E-state index in [0.29, 0.717) is 11.5 Å². The molecule has 1 aromatic rings. The molecule has 86 valence electrons. The molecule has 3 nitrogen and oxygen atoms in total. The SMILES string of the molecule is CC(C)c1ccc(C(=O)N(C)CC=O)cc1. The Morgan fingerprint density at radius 2 is 1.88 bits per heavy atom. The first kappa shape index (κ1) is 12.4. The molecule has 0 atom stereocenters. The number of hydrogen-bond donors (Lipinski definition) is 0. The molecule has 0 fully saturated rings. The van der Waals surface area contributed by atoms with E-state index in [1.54, 1.807) is 19.2 Å². The number of carbonyl (C=O) groups excluding carboxylic acids is 2. The number of benzene rings is 1. The van der Waals surface area contributed by atoms with E-state index in [2.05, 4.69) is 13.8 Å². The van der Waals surface area contributed by atoms with Crippen LogP contribution in [0.2, 0.25) is 0 Å². The van der Waals surface area contributed by atoms with Crippen molar-refractivity contribution in [3.8, 4) is 0 Å². The van der Waals surface area contributed by atoms with Gasteiger partial charge in [0.2, 0.25) is 0 Å². The molecular formula is C13H17NO2. The second kappa shape index (κ2) is 5.45. The van der Waals surface area contributed by atoms with E-state index in [1.165, 1.54) is 10.5 Å². The maximum absolute atomic E-state index is 11.8. The third-order valence-corrected chi connectivity index (χ3v) is 2.52. The Hall–Kier alpha value is -1.64. The minimum absolute atomic E-state index is 0.123. The van der Waals surface area contributed by atoms with Crippen LogP contribution in [0, 0.1) is 0 Å². The first-order chi connectivity index (χ1) is 7.56. The number of carbonyl (C=O) groups is 2. The van der Waals surface area contributed by atoms with Gasteiger partial charge in [0, 0.05) is 12.6 Å². The van der Waals surface area contributed by atoms with Gasteiger partial charge < -0.3 is 9.69 Å². The average molecular weight is 219 g/mol. The fourth-order valence-corrected chi connectivity index (χ4v) is 1.43. The van der Waals surface area contributed by atoms with Gasteiger partial charge in [-0.3, -0.25) is 4.79 Å². The number of amides is 1. The lowest BCUT2D eigenvalue weighted by molar-refractivity contribution is -0.108. The molecule has 0 aliphatic carbocycles. The zero-order chi connectivity index (χ0) is 12.1. The molecule has 0 heterocycles. The summed E-state index contributed by atoms with van der Waals surface area (Å²) in [4.78, 5) is 23.5. The maximum atomic E-state index is 11.8. The van der Waals surface area contributed by atoms with Crippen LogP contribution in [0.3, 0.4) is 0 Å². The topological polar surface area (TPSA) is 37.4 Å². The molecule has 3 heteroatoms. The smallest absolute Gasteiger partial charge is 0.253 e. The lowest BCUT2D eigenvalue weighted by Crippen LogP contribution is -2.28. The van der Waals surface area contributed by atoms with Crippen molar-refractivity contribution in [2.24, 2.45) is 0 Å². The van der Waals surface area contributed by atoms with Crippen LogP contribution in [-0.2, 0) is 4.79 Å². The molecule has 0 saturated heterocycles. The quantitative estimate of drug-likeness (QED) is 0.727. The summed E-state index contributed by atoms with van der Waals surface area (Å²) in [6.45, 7) is 4.34. The van der Waals surface area contributed by atoms with Crippen molar-refractivity contribution in [3.63, 3.8) is 0 Å². The van der Waals surface area contributed by atoms with E-state index in [0.717, 1.165) is 6.29 Å². The molecule has 0 aliphatic heterocycles. The Morgan fingerprint density at radius 1 is 1.31 bits per heavy atom. The average Bonchev–Trinajstić information content (AvgIpc) is 2.28. The number of nitrogens with zero attached hydrogens (tertiary/aromatic N) is 1. The Kier molecular flexibility index (Phi) is 4.23. The van der Waals surface area contributed by atoms with Gasteiger partial charge in [0.25, 0.3) is 5.91 Å². The highest BCUT2D eigenvalue weighted by molar-refractivity contribution is 5.95. The lowest BCUT2D eigenvalue weighted by Gasteiger charge is -2.14. The van der Waals surface area contributed by atoms with Crippen LogP contribution >= 0.6 is 0 Å². The van der Waals surface area contributed by atoms with Crippen molar-refractivity contribution < 1.29 is 9.59 Å². The van der Waals surface area contributed by atoms with Gasteiger partial charge in [0.1, 0.15) is 6.29 Å². The fraction of sp³-hybridized carbons (Fsp3) is 0.385. The van der Waals surface area contributed by atoms with Gasteiger partial charge in [-0.1, -0.05) is 26.0 Å². The molecule has 1 rings (SSSR count). The lowest BCUT2D eigenvalue weighted by atomic mass is 10.0. The van der Waals surface area contributed by atoms with Crippen molar-refractivity contribution in [2.75, 3.05) is 13.6 Å². The van der Waals surface area contributed by atoms with Crippen molar-refractivity contribution in [1.82, 2.24) is 4.90 Å². The molecule has 0 N–H and O–H groups in total. The molecule has 0 spiro atoms. The Balaban J connectivity index is 2.81.